The number of pyridine rings is 3. The maximum absolute atomic E-state index is 13.9. The van der Waals surface area contributed by atoms with Gasteiger partial charge in [-0.2, -0.15) is 0 Å². The Morgan fingerprint density at radius 2 is 1.43 bits per heavy atom. The molecule has 4 atom stereocenters. The summed E-state index contributed by atoms with van der Waals surface area (Å²) in [4.78, 5) is 56.1. The van der Waals surface area contributed by atoms with Crippen LogP contribution in [0.2, 0.25) is 0 Å². The molecule has 12 heteroatoms. The number of ether oxygens (including phenoxy) is 3. The van der Waals surface area contributed by atoms with Gasteiger partial charge in [0.05, 0.1) is 49.5 Å². The van der Waals surface area contributed by atoms with E-state index in [1.54, 1.807) is 87.8 Å². The number of hydrogen-bond acceptors (Lipinski definition) is 12. The summed E-state index contributed by atoms with van der Waals surface area (Å²) < 4.78 is 16.2. The average Bonchev–Trinajstić information content (AvgIpc) is 3.01. The maximum atomic E-state index is 13.9. The third kappa shape index (κ3) is 5.44. The van der Waals surface area contributed by atoms with Crippen molar-refractivity contribution in [2.75, 3.05) is 27.3 Å². The molecule has 3 aromatic heterocycles. The Balaban J connectivity index is 1.66. The molecule has 44 heavy (non-hydrogen) atoms. The lowest BCUT2D eigenvalue weighted by Gasteiger charge is -2.61. The largest absolute Gasteiger partial charge is 0.468 e. The number of methoxy groups -OCH3 is 2. The zero-order valence-corrected chi connectivity index (χ0v) is 25.4. The van der Waals surface area contributed by atoms with Gasteiger partial charge in [0, 0.05) is 32.0 Å². The van der Waals surface area contributed by atoms with E-state index in [1.165, 1.54) is 14.2 Å². The molecule has 12 nitrogen and oxygen atoms in total. The second kappa shape index (κ2) is 12.0. The van der Waals surface area contributed by atoms with Gasteiger partial charge in [-0.05, 0) is 57.2 Å². The lowest BCUT2D eigenvalue weighted by atomic mass is 9.54. The zero-order valence-electron chi connectivity index (χ0n) is 25.4. The molecule has 0 aliphatic carbocycles. The number of fused-ring (bicyclic) bond motifs is 2. The number of carbonyl (C=O) groups excluding carboxylic acids is 3. The second-order valence-electron chi connectivity index (χ2n) is 12.2. The number of nitrogens with one attached hydrogen (secondary N) is 1. The highest BCUT2D eigenvalue weighted by Gasteiger charge is 2.73. The number of hydrogen-bond donors (Lipinski definition) is 2. The number of carbonyl (C=O) groups is 3. The molecule has 3 aromatic rings. The van der Waals surface area contributed by atoms with E-state index in [-0.39, 0.29) is 25.3 Å². The molecular weight excluding hydrogens is 566 g/mol. The van der Waals surface area contributed by atoms with Gasteiger partial charge in [-0.1, -0.05) is 18.2 Å². The summed E-state index contributed by atoms with van der Waals surface area (Å²) in [6.07, 6.45) is 1.63. The van der Waals surface area contributed by atoms with E-state index in [0.717, 1.165) is 0 Å². The van der Waals surface area contributed by atoms with E-state index in [0.29, 0.717) is 17.1 Å². The van der Waals surface area contributed by atoms with Crippen LogP contribution in [0.4, 0.5) is 0 Å². The zero-order chi connectivity index (χ0) is 31.7. The van der Waals surface area contributed by atoms with Crippen molar-refractivity contribution in [3.05, 3.63) is 89.8 Å². The molecule has 0 radical (unpaired) electrons. The number of esters is 3. The Kier molecular flexibility index (Phi) is 8.52. The summed E-state index contributed by atoms with van der Waals surface area (Å²) in [5.74, 6) is -2.01. The highest BCUT2D eigenvalue weighted by atomic mass is 16.6. The van der Waals surface area contributed by atoms with E-state index in [2.05, 4.69) is 20.3 Å². The van der Waals surface area contributed by atoms with Gasteiger partial charge >= 0.3 is 17.9 Å². The molecule has 0 amide bonds. The molecular formula is C32H37N5O7. The van der Waals surface area contributed by atoms with Gasteiger partial charge in [0.2, 0.25) is 0 Å². The first-order valence-electron chi connectivity index (χ1n) is 14.3. The summed E-state index contributed by atoms with van der Waals surface area (Å²) in [7, 11) is 2.49. The topological polar surface area (TPSA) is 153 Å². The minimum atomic E-state index is -1.70. The minimum Gasteiger partial charge on any atom is -0.468 e. The first-order chi connectivity index (χ1) is 21.0. The van der Waals surface area contributed by atoms with Crippen molar-refractivity contribution in [1.29, 1.82) is 0 Å². The highest BCUT2D eigenvalue weighted by molar-refractivity contribution is 5.88. The fourth-order valence-electron chi connectivity index (χ4n) is 6.50. The van der Waals surface area contributed by atoms with Gasteiger partial charge < -0.3 is 19.3 Å². The van der Waals surface area contributed by atoms with E-state index >= 15 is 0 Å². The molecule has 2 bridgehead atoms. The molecule has 2 aliphatic heterocycles. The standard InChI is InChI=1S/C32H37N5O7/c1-30(2,3)44-26(38)23-14-10-11-20(35-23)17-37-18-31(28(40)42-4)24(21-12-6-8-15-33-21)36-25(22-13-7-9-16-34-22)32(19-37,27(31)39)29(41)43-5/h6-16,24-25,27,36,39H,17-19H2,1-5H3. The predicted octanol–water partition coefficient (Wildman–Crippen LogP) is 2.41. The highest BCUT2D eigenvalue weighted by Crippen LogP contribution is 2.58. The summed E-state index contributed by atoms with van der Waals surface area (Å²) >= 11 is 0. The molecule has 4 unspecified atom stereocenters. The Morgan fingerprint density at radius 3 is 1.89 bits per heavy atom. The van der Waals surface area contributed by atoms with Crippen LogP contribution in [-0.2, 0) is 30.3 Å². The van der Waals surface area contributed by atoms with Crippen LogP contribution in [0.25, 0.3) is 0 Å². The van der Waals surface area contributed by atoms with Gasteiger partial charge in [0.1, 0.15) is 22.1 Å². The molecule has 2 aliphatic rings. The summed E-state index contributed by atoms with van der Waals surface area (Å²) in [6.45, 7) is 5.40. The van der Waals surface area contributed by atoms with Crippen molar-refractivity contribution in [2.45, 2.75) is 51.1 Å². The third-order valence-electron chi connectivity index (χ3n) is 8.21. The van der Waals surface area contributed by atoms with Crippen molar-refractivity contribution < 1.29 is 33.7 Å². The van der Waals surface area contributed by atoms with Crippen LogP contribution in [0.3, 0.4) is 0 Å². The van der Waals surface area contributed by atoms with Crippen LogP contribution < -0.4 is 5.32 Å². The number of nitrogens with zero attached hydrogens (tertiary/aromatic N) is 4. The lowest BCUT2D eigenvalue weighted by Crippen LogP contribution is -2.77. The fourth-order valence-corrected chi connectivity index (χ4v) is 6.50. The average molecular weight is 604 g/mol. The smallest absolute Gasteiger partial charge is 0.357 e. The summed E-state index contributed by atoms with van der Waals surface area (Å²) in [6, 6.07) is 13.8. The number of rotatable bonds is 7. The SMILES string of the molecule is COC(=O)C12CN(Cc3cccc(C(=O)OC(C)(C)C)n3)CC(C(=O)OC)(C(c3ccccn3)NC1c1ccccn1)C2O. The maximum Gasteiger partial charge on any atom is 0.357 e. The number of likely N-dealkylation sites (tertiary alicyclic amines) is 1. The van der Waals surface area contributed by atoms with E-state index in [9.17, 15) is 19.5 Å². The van der Waals surface area contributed by atoms with Crippen LogP contribution in [0.5, 0.6) is 0 Å². The first kappa shape index (κ1) is 31.2. The van der Waals surface area contributed by atoms with Crippen LogP contribution >= 0.6 is 0 Å². The van der Waals surface area contributed by atoms with Gasteiger partial charge in [-0.25, -0.2) is 9.78 Å². The number of aromatic nitrogens is 3. The van der Waals surface area contributed by atoms with Gasteiger partial charge in [0.25, 0.3) is 0 Å². The Morgan fingerprint density at radius 1 is 0.886 bits per heavy atom. The Bertz CT molecular complexity index is 1440. The molecule has 5 heterocycles. The molecule has 232 valence electrons. The van der Waals surface area contributed by atoms with Crippen LogP contribution in [-0.4, -0.2) is 81.9 Å². The van der Waals surface area contributed by atoms with Crippen molar-refractivity contribution >= 4 is 17.9 Å². The molecule has 2 saturated heterocycles. The van der Waals surface area contributed by atoms with Gasteiger partial charge in [0.15, 0.2) is 0 Å². The van der Waals surface area contributed by atoms with Gasteiger partial charge in [-0.15, -0.1) is 0 Å². The third-order valence-corrected chi connectivity index (χ3v) is 8.21. The molecule has 0 aromatic carbocycles. The molecule has 0 saturated carbocycles. The summed E-state index contributed by atoms with van der Waals surface area (Å²) in [5, 5.41) is 15.8. The van der Waals surface area contributed by atoms with Crippen LogP contribution in [0.1, 0.15) is 60.4 Å². The molecule has 0 spiro atoms. The number of aliphatic hydroxyl groups is 1. The van der Waals surface area contributed by atoms with Crippen molar-refractivity contribution in [3.63, 3.8) is 0 Å². The lowest BCUT2D eigenvalue weighted by molar-refractivity contribution is -0.225. The molecule has 2 N–H and O–H groups in total. The van der Waals surface area contributed by atoms with Crippen molar-refractivity contribution in [2.24, 2.45) is 10.8 Å². The van der Waals surface area contributed by atoms with Crippen LogP contribution in [0, 0.1) is 10.8 Å². The normalized spacial score (nSPS) is 26.8. The fraction of sp³-hybridized carbons (Fsp3) is 0.438. The monoisotopic (exact) mass is 603 g/mol. The predicted molar refractivity (Wildman–Crippen MR) is 157 cm³/mol. The number of aliphatic hydroxyl groups excluding tert-OH is 1. The second-order valence-corrected chi connectivity index (χ2v) is 12.2. The summed E-state index contributed by atoms with van der Waals surface area (Å²) in [5.41, 5.74) is -2.54. The van der Waals surface area contributed by atoms with E-state index < -0.39 is 52.5 Å². The Labute approximate surface area is 255 Å². The quantitative estimate of drug-likeness (QED) is 0.301. The van der Waals surface area contributed by atoms with Crippen LogP contribution in [0.15, 0.2) is 67.0 Å². The molecule has 2 fully saturated rings. The van der Waals surface area contributed by atoms with Crippen molar-refractivity contribution in [3.8, 4) is 0 Å². The van der Waals surface area contributed by atoms with E-state index in [1.807, 2.05) is 4.90 Å². The first-order valence-corrected chi connectivity index (χ1v) is 14.3. The Hall–Kier alpha value is -4.26. The molecule has 5 rings (SSSR count). The minimum absolute atomic E-state index is 0.0267. The number of piperidine rings is 2. The van der Waals surface area contributed by atoms with E-state index in [4.69, 9.17) is 14.2 Å². The van der Waals surface area contributed by atoms with Crippen molar-refractivity contribution in [1.82, 2.24) is 25.2 Å². The van der Waals surface area contributed by atoms with Gasteiger partial charge in [-0.3, -0.25) is 29.8 Å².